The highest BCUT2D eigenvalue weighted by atomic mass is 35.5. The van der Waals surface area contributed by atoms with Crippen LogP contribution in [0.15, 0.2) is 24.3 Å². The van der Waals surface area contributed by atoms with Crippen molar-refractivity contribution in [3.8, 4) is 0 Å². The lowest BCUT2D eigenvalue weighted by atomic mass is 10.1. The van der Waals surface area contributed by atoms with Gasteiger partial charge in [0.15, 0.2) is 0 Å². The lowest BCUT2D eigenvalue weighted by Gasteiger charge is -2.35. The second kappa shape index (κ2) is 11.7. The minimum atomic E-state index is -0.0337. The van der Waals surface area contributed by atoms with Gasteiger partial charge in [0.1, 0.15) is 0 Å². The Morgan fingerprint density at radius 1 is 1.21 bits per heavy atom. The minimum absolute atomic E-state index is 0. The summed E-state index contributed by atoms with van der Waals surface area (Å²) in [5, 5.41) is 2.87. The number of morpholine rings is 1. The van der Waals surface area contributed by atoms with E-state index in [4.69, 9.17) is 10.5 Å². The maximum absolute atomic E-state index is 11.9. The molecule has 0 bridgehead atoms. The number of carbonyl (C=O) groups is 1. The third kappa shape index (κ3) is 7.36. The van der Waals surface area contributed by atoms with Crippen LogP contribution >= 0.6 is 24.8 Å². The molecule has 1 aliphatic rings. The van der Waals surface area contributed by atoms with Crippen LogP contribution in [-0.4, -0.2) is 49.2 Å². The molecule has 0 aliphatic carbocycles. The summed E-state index contributed by atoms with van der Waals surface area (Å²) >= 11 is 0. The summed E-state index contributed by atoms with van der Waals surface area (Å²) in [5.74, 6) is -0.0337. The van der Waals surface area contributed by atoms with Gasteiger partial charge in [0.2, 0.25) is 0 Å². The lowest BCUT2D eigenvalue weighted by molar-refractivity contribution is -0.0704. The van der Waals surface area contributed by atoms with Gasteiger partial charge in [-0.25, -0.2) is 0 Å². The van der Waals surface area contributed by atoms with Gasteiger partial charge in [0.05, 0.1) is 12.2 Å². The zero-order valence-electron chi connectivity index (χ0n) is 14.4. The fourth-order valence-electron chi connectivity index (χ4n) is 2.84. The van der Waals surface area contributed by atoms with Crippen molar-refractivity contribution >= 4 is 30.7 Å². The first kappa shape index (κ1) is 23.1. The number of benzene rings is 1. The summed E-state index contributed by atoms with van der Waals surface area (Å²) in [4.78, 5) is 14.3. The van der Waals surface area contributed by atoms with Gasteiger partial charge in [0, 0.05) is 31.7 Å². The molecule has 1 aromatic rings. The molecule has 1 fully saturated rings. The minimum Gasteiger partial charge on any atom is -0.373 e. The number of nitrogens with two attached hydrogens (primary N) is 1. The molecule has 1 aromatic carbocycles. The third-order valence-corrected chi connectivity index (χ3v) is 3.78. The molecular formula is C17H29Cl2N3O2. The van der Waals surface area contributed by atoms with Crippen molar-refractivity contribution in [3.63, 3.8) is 0 Å². The molecule has 5 nitrogen and oxygen atoms in total. The molecule has 2 rings (SSSR count). The van der Waals surface area contributed by atoms with Crippen molar-refractivity contribution in [2.75, 3.05) is 26.2 Å². The van der Waals surface area contributed by atoms with Gasteiger partial charge >= 0.3 is 0 Å². The first-order chi connectivity index (χ1) is 10.6. The van der Waals surface area contributed by atoms with Crippen molar-refractivity contribution in [3.05, 3.63) is 35.4 Å². The van der Waals surface area contributed by atoms with E-state index in [1.165, 1.54) is 5.56 Å². The summed E-state index contributed by atoms with van der Waals surface area (Å²) in [6.07, 6.45) is 1.35. The van der Waals surface area contributed by atoms with E-state index >= 15 is 0 Å². The predicted molar refractivity (Wildman–Crippen MR) is 102 cm³/mol. The zero-order chi connectivity index (χ0) is 15.9. The average molecular weight is 378 g/mol. The summed E-state index contributed by atoms with van der Waals surface area (Å²) in [5.41, 5.74) is 7.34. The largest absolute Gasteiger partial charge is 0.373 e. The molecular weight excluding hydrogens is 349 g/mol. The second-order valence-corrected chi connectivity index (χ2v) is 6.05. The second-order valence-electron chi connectivity index (χ2n) is 6.05. The van der Waals surface area contributed by atoms with Crippen LogP contribution in [-0.2, 0) is 11.3 Å². The summed E-state index contributed by atoms with van der Waals surface area (Å²) in [7, 11) is 0. The normalized spacial score (nSPS) is 20.6. The topological polar surface area (TPSA) is 67.6 Å². The number of rotatable bonds is 6. The predicted octanol–water partition coefficient (Wildman–Crippen LogP) is 2.22. The lowest BCUT2D eigenvalue weighted by Crippen LogP contribution is -2.44. The van der Waals surface area contributed by atoms with Crippen LogP contribution in [0.4, 0.5) is 0 Å². The highest BCUT2D eigenvalue weighted by molar-refractivity contribution is 5.94. The van der Waals surface area contributed by atoms with Gasteiger partial charge in [0.25, 0.3) is 5.91 Å². The molecule has 3 N–H and O–H groups in total. The first-order valence-electron chi connectivity index (χ1n) is 8.03. The molecule has 0 aromatic heterocycles. The van der Waals surface area contributed by atoms with E-state index in [1.807, 2.05) is 24.3 Å². The Morgan fingerprint density at radius 2 is 1.79 bits per heavy atom. The Morgan fingerprint density at radius 3 is 2.33 bits per heavy atom. The molecule has 0 saturated carbocycles. The molecule has 1 saturated heterocycles. The molecule has 1 heterocycles. The first-order valence-corrected chi connectivity index (χ1v) is 8.03. The summed E-state index contributed by atoms with van der Waals surface area (Å²) in [6, 6.07) is 7.84. The monoisotopic (exact) mass is 377 g/mol. The highest BCUT2D eigenvalue weighted by Gasteiger charge is 2.21. The van der Waals surface area contributed by atoms with Crippen molar-refractivity contribution in [2.24, 2.45) is 5.73 Å². The Bertz CT molecular complexity index is 475. The number of hydrogen-bond donors (Lipinski definition) is 2. The number of amides is 1. The Kier molecular flexibility index (Phi) is 11.2. The van der Waals surface area contributed by atoms with E-state index in [1.54, 1.807) is 0 Å². The van der Waals surface area contributed by atoms with E-state index in [9.17, 15) is 4.79 Å². The Hall–Kier alpha value is -0.850. The van der Waals surface area contributed by atoms with Gasteiger partial charge in [-0.2, -0.15) is 0 Å². The molecule has 7 heteroatoms. The van der Waals surface area contributed by atoms with Crippen LogP contribution in [0.25, 0.3) is 0 Å². The van der Waals surface area contributed by atoms with Gasteiger partial charge in [-0.15, -0.1) is 24.8 Å². The summed E-state index contributed by atoms with van der Waals surface area (Å²) < 4.78 is 5.75. The molecule has 2 unspecified atom stereocenters. The smallest absolute Gasteiger partial charge is 0.251 e. The molecule has 138 valence electrons. The van der Waals surface area contributed by atoms with Gasteiger partial charge < -0.3 is 15.8 Å². The summed E-state index contributed by atoms with van der Waals surface area (Å²) in [6.45, 7) is 8.23. The standard InChI is InChI=1S/C17H27N3O2.2ClH/c1-13-10-20(11-14(2)22-13)12-15-4-6-16(7-5-15)17(21)19-9-3-8-18;;/h4-7,13-14H,3,8-12,18H2,1-2H3,(H,19,21);2*1H. The SMILES string of the molecule is CC1CN(Cc2ccc(C(=O)NCCCN)cc2)CC(C)O1.Cl.Cl. The number of ether oxygens (including phenoxy) is 1. The molecule has 1 aliphatic heterocycles. The number of hydrogen-bond acceptors (Lipinski definition) is 4. The van der Waals surface area contributed by atoms with Crippen LogP contribution in [0, 0.1) is 0 Å². The highest BCUT2D eigenvalue weighted by Crippen LogP contribution is 2.14. The number of carbonyl (C=O) groups excluding carboxylic acids is 1. The quantitative estimate of drug-likeness (QED) is 0.745. The van der Waals surface area contributed by atoms with Crippen molar-refractivity contribution in [1.82, 2.24) is 10.2 Å². The average Bonchev–Trinajstić information content (AvgIpc) is 2.47. The van der Waals surface area contributed by atoms with E-state index in [2.05, 4.69) is 24.1 Å². The van der Waals surface area contributed by atoms with Crippen LogP contribution in [0.5, 0.6) is 0 Å². The van der Waals surface area contributed by atoms with Gasteiger partial charge in [-0.3, -0.25) is 9.69 Å². The Labute approximate surface area is 157 Å². The molecule has 0 spiro atoms. The van der Waals surface area contributed by atoms with E-state index < -0.39 is 0 Å². The van der Waals surface area contributed by atoms with E-state index in [0.29, 0.717) is 18.7 Å². The maximum atomic E-state index is 11.9. The van der Waals surface area contributed by atoms with Crippen molar-refractivity contribution in [1.29, 1.82) is 0 Å². The van der Waals surface area contributed by atoms with Crippen molar-refractivity contribution < 1.29 is 9.53 Å². The van der Waals surface area contributed by atoms with Crippen LogP contribution in [0.2, 0.25) is 0 Å². The zero-order valence-corrected chi connectivity index (χ0v) is 16.0. The molecule has 0 radical (unpaired) electrons. The van der Waals surface area contributed by atoms with Crippen LogP contribution in [0.1, 0.15) is 36.2 Å². The Balaban J connectivity index is 0.00000264. The van der Waals surface area contributed by atoms with Crippen LogP contribution in [0.3, 0.4) is 0 Å². The molecule has 1 amide bonds. The van der Waals surface area contributed by atoms with Gasteiger partial charge in [-0.05, 0) is 44.5 Å². The number of nitrogens with one attached hydrogen (secondary N) is 1. The number of halogens is 2. The van der Waals surface area contributed by atoms with E-state index in [0.717, 1.165) is 26.1 Å². The molecule has 2 atom stereocenters. The fraction of sp³-hybridized carbons (Fsp3) is 0.588. The number of nitrogens with zero attached hydrogens (tertiary/aromatic N) is 1. The third-order valence-electron chi connectivity index (χ3n) is 3.78. The fourth-order valence-corrected chi connectivity index (χ4v) is 2.84. The van der Waals surface area contributed by atoms with E-state index in [-0.39, 0.29) is 42.9 Å². The van der Waals surface area contributed by atoms with Crippen LogP contribution < -0.4 is 11.1 Å². The van der Waals surface area contributed by atoms with Crippen molar-refractivity contribution in [2.45, 2.75) is 39.0 Å². The van der Waals surface area contributed by atoms with Gasteiger partial charge in [-0.1, -0.05) is 12.1 Å². The maximum Gasteiger partial charge on any atom is 0.251 e. The molecule has 24 heavy (non-hydrogen) atoms.